The standard InChI is InChI=1S/C9H13ClO2/c1-8(10)6-4-3-5-7-9(11)12-2/h3-4,6H,5,7H2,1-2H3/b4-3-,8-6-. The summed E-state index contributed by atoms with van der Waals surface area (Å²) in [4.78, 5) is 10.6. The van der Waals surface area contributed by atoms with Crippen molar-refractivity contribution < 1.29 is 9.53 Å². The average Bonchev–Trinajstić information content (AvgIpc) is 2.03. The first kappa shape index (κ1) is 11.2. The van der Waals surface area contributed by atoms with Crippen LogP contribution in [0.3, 0.4) is 0 Å². The lowest BCUT2D eigenvalue weighted by molar-refractivity contribution is -0.140. The van der Waals surface area contributed by atoms with Gasteiger partial charge in [-0.1, -0.05) is 23.8 Å². The molecule has 12 heavy (non-hydrogen) atoms. The van der Waals surface area contributed by atoms with Gasteiger partial charge in [0.25, 0.3) is 0 Å². The first-order valence-electron chi connectivity index (χ1n) is 3.72. The van der Waals surface area contributed by atoms with Crippen LogP contribution in [0.15, 0.2) is 23.3 Å². The second-order valence-electron chi connectivity index (χ2n) is 2.30. The van der Waals surface area contributed by atoms with Gasteiger partial charge in [0.05, 0.1) is 7.11 Å². The molecule has 0 aliphatic carbocycles. The first-order chi connectivity index (χ1) is 5.66. The summed E-state index contributed by atoms with van der Waals surface area (Å²) in [5.74, 6) is -0.189. The van der Waals surface area contributed by atoms with Gasteiger partial charge in [0.15, 0.2) is 0 Å². The molecule has 0 rings (SSSR count). The maximum Gasteiger partial charge on any atom is 0.305 e. The topological polar surface area (TPSA) is 26.3 Å². The normalized spacial score (nSPS) is 12.1. The molecule has 0 atom stereocenters. The fourth-order valence-corrected chi connectivity index (χ4v) is 0.673. The van der Waals surface area contributed by atoms with E-state index < -0.39 is 0 Å². The van der Waals surface area contributed by atoms with Gasteiger partial charge < -0.3 is 4.74 Å². The Morgan fingerprint density at radius 1 is 1.58 bits per heavy atom. The van der Waals surface area contributed by atoms with Gasteiger partial charge >= 0.3 is 5.97 Å². The molecule has 0 radical (unpaired) electrons. The molecular formula is C9H13ClO2. The van der Waals surface area contributed by atoms with E-state index in [2.05, 4.69) is 4.74 Å². The molecule has 3 heteroatoms. The van der Waals surface area contributed by atoms with Crippen molar-refractivity contribution in [2.75, 3.05) is 7.11 Å². The molecule has 0 saturated heterocycles. The van der Waals surface area contributed by atoms with Crippen molar-refractivity contribution in [1.29, 1.82) is 0 Å². The molecule has 0 N–H and O–H groups in total. The number of carbonyl (C=O) groups excluding carboxylic acids is 1. The summed E-state index contributed by atoms with van der Waals surface area (Å²) in [7, 11) is 1.38. The Labute approximate surface area is 77.9 Å². The molecule has 0 heterocycles. The molecule has 2 nitrogen and oxygen atoms in total. The van der Waals surface area contributed by atoms with Crippen LogP contribution in [-0.4, -0.2) is 13.1 Å². The van der Waals surface area contributed by atoms with Gasteiger partial charge in [0.2, 0.25) is 0 Å². The highest BCUT2D eigenvalue weighted by atomic mass is 35.5. The van der Waals surface area contributed by atoms with Crippen LogP contribution in [0.2, 0.25) is 0 Å². The lowest BCUT2D eigenvalue weighted by Gasteiger charge is -1.92. The third-order valence-electron chi connectivity index (χ3n) is 1.20. The highest BCUT2D eigenvalue weighted by molar-refractivity contribution is 6.29. The molecule has 0 aromatic carbocycles. The number of halogens is 1. The van der Waals surface area contributed by atoms with Crippen LogP contribution in [0.1, 0.15) is 19.8 Å². The highest BCUT2D eigenvalue weighted by Crippen LogP contribution is 1.99. The number of carbonyl (C=O) groups is 1. The second-order valence-corrected chi connectivity index (χ2v) is 2.89. The van der Waals surface area contributed by atoms with E-state index in [1.54, 1.807) is 13.0 Å². The van der Waals surface area contributed by atoms with Gasteiger partial charge in [-0.25, -0.2) is 0 Å². The number of hydrogen-bond acceptors (Lipinski definition) is 2. The molecular weight excluding hydrogens is 176 g/mol. The van der Waals surface area contributed by atoms with E-state index in [-0.39, 0.29) is 5.97 Å². The van der Waals surface area contributed by atoms with Crippen molar-refractivity contribution in [3.63, 3.8) is 0 Å². The number of hydrogen-bond donors (Lipinski definition) is 0. The second kappa shape index (κ2) is 6.92. The van der Waals surface area contributed by atoms with E-state index >= 15 is 0 Å². The third-order valence-corrected chi connectivity index (χ3v) is 1.33. The Kier molecular flexibility index (Phi) is 6.48. The summed E-state index contributed by atoms with van der Waals surface area (Å²) in [6.07, 6.45) is 6.59. The molecule has 0 aromatic heterocycles. The van der Waals surface area contributed by atoms with Crippen LogP contribution in [0.5, 0.6) is 0 Å². The number of allylic oxidation sites excluding steroid dienone is 4. The zero-order valence-electron chi connectivity index (χ0n) is 7.34. The van der Waals surface area contributed by atoms with Gasteiger partial charge in [0, 0.05) is 11.5 Å². The minimum Gasteiger partial charge on any atom is -0.469 e. The van der Waals surface area contributed by atoms with Crippen molar-refractivity contribution in [1.82, 2.24) is 0 Å². The quantitative estimate of drug-likeness (QED) is 0.501. The number of rotatable bonds is 4. The highest BCUT2D eigenvalue weighted by Gasteiger charge is 1.94. The predicted molar refractivity (Wildman–Crippen MR) is 50.0 cm³/mol. The van der Waals surface area contributed by atoms with Crippen molar-refractivity contribution >= 4 is 17.6 Å². The Bertz CT molecular complexity index is 191. The van der Waals surface area contributed by atoms with Gasteiger partial charge in [-0.3, -0.25) is 4.79 Å². The first-order valence-corrected chi connectivity index (χ1v) is 4.10. The molecule has 68 valence electrons. The predicted octanol–water partition coefficient (Wildman–Crippen LogP) is 2.64. The van der Waals surface area contributed by atoms with E-state index in [9.17, 15) is 4.79 Å². The van der Waals surface area contributed by atoms with Gasteiger partial charge in [-0.2, -0.15) is 0 Å². The molecule has 0 saturated carbocycles. The largest absolute Gasteiger partial charge is 0.469 e. The van der Waals surface area contributed by atoms with E-state index in [1.165, 1.54) is 7.11 Å². The van der Waals surface area contributed by atoms with Gasteiger partial charge in [-0.15, -0.1) is 0 Å². The average molecular weight is 189 g/mol. The van der Waals surface area contributed by atoms with Crippen LogP contribution < -0.4 is 0 Å². The summed E-state index contributed by atoms with van der Waals surface area (Å²) < 4.78 is 4.46. The van der Waals surface area contributed by atoms with Crippen LogP contribution in [-0.2, 0) is 9.53 Å². The Morgan fingerprint density at radius 2 is 2.25 bits per heavy atom. The van der Waals surface area contributed by atoms with E-state index in [4.69, 9.17) is 11.6 Å². The van der Waals surface area contributed by atoms with Gasteiger partial charge in [-0.05, 0) is 19.4 Å². The zero-order valence-corrected chi connectivity index (χ0v) is 8.10. The number of methoxy groups -OCH3 is 1. The Balaban J connectivity index is 3.49. The van der Waals surface area contributed by atoms with Crippen molar-refractivity contribution in [3.8, 4) is 0 Å². The summed E-state index contributed by atoms with van der Waals surface area (Å²) >= 11 is 5.56. The van der Waals surface area contributed by atoms with E-state index in [1.807, 2.05) is 12.2 Å². The molecule has 0 amide bonds. The summed E-state index contributed by atoms with van der Waals surface area (Å²) in [6.45, 7) is 1.80. The third kappa shape index (κ3) is 7.35. The summed E-state index contributed by atoms with van der Waals surface area (Å²) in [6, 6.07) is 0. The van der Waals surface area contributed by atoms with Gasteiger partial charge in [0.1, 0.15) is 0 Å². The van der Waals surface area contributed by atoms with Crippen molar-refractivity contribution in [2.24, 2.45) is 0 Å². The molecule has 0 aliphatic rings. The summed E-state index contributed by atoms with van der Waals surface area (Å²) in [5.41, 5.74) is 0. The van der Waals surface area contributed by atoms with Crippen molar-refractivity contribution in [2.45, 2.75) is 19.8 Å². The molecule has 0 aromatic rings. The maximum atomic E-state index is 10.6. The monoisotopic (exact) mass is 188 g/mol. The Hall–Kier alpha value is -0.760. The lowest BCUT2D eigenvalue weighted by Crippen LogP contribution is -1.97. The maximum absolute atomic E-state index is 10.6. The molecule has 0 fully saturated rings. The lowest BCUT2D eigenvalue weighted by atomic mass is 10.3. The fourth-order valence-electron chi connectivity index (χ4n) is 0.600. The van der Waals surface area contributed by atoms with Crippen LogP contribution in [0.4, 0.5) is 0 Å². The van der Waals surface area contributed by atoms with Crippen LogP contribution in [0, 0.1) is 0 Å². The van der Waals surface area contributed by atoms with Crippen molar-refractivity contribution in [3.05, 3.63) is 23.3 Å². The minimum atomic E-state index is -0.189. The molecule has 0 unspecified atom stereocenters. The van der Waals surface area contributed by atoms with Crippen LogP contribution in [0.25, 0.3) is 0 Å². The zero-order chi connectivity index (χ0) is 9.40. The van der Waals surface area contributed by atoms with E-state index in [0.717, 1.165) is 5.03 Å². The molecule has 0 bridgehead atoms. The number of ether oxygens (including phenoxy) is 1. The Morgan fingerprint density at radius 3 is 2.75 bits per heavy atom. The molecule has 0 aliphatic heterocycles. The SMILES string of the molecule is COC(=O)CC/C=C\C=C(\C)Cl. The smallest absolute Gasteiger partial charge is 0.305 e. The van der Waals surface area contributed by atoms with E-state index in [0.29, 0.717) is 12.8 Å². The van der Waals surface area contributed by atoms with Crippen LogP contribution >= 0.6 is 11.6 Å². The fraction of sp³-hybridized carbons (Fsp3) is 0.444. The number of esters is 1. The minimum absolute atomic E-state index is 0.189. The summed E-state index contributed by atoms with van der Waals surface area (Å²) in [5, 5.41) is 0.726. The molecule has 0 spiro atoms.